The molecule has 0 aromatic heterocycles. The Kier molecular flexibility index (Phi) is 26.2. The maximum absolute atomic E-state index is 14.3. The SMILES string of the molecule is CCCCCC[N+](CCCCCC)(CCCCCC)C(C(=O)O)(C(=O)O)[N+](CCCCCC)(CCCCCC)CCCCCC. The summed E-state index contributed by atoms with van der Waals surface area (Å²) in [6, 6.07) is 0. The highest BCUT2D eigenvalue weighted by Gasteiger charge is 2.75. The summed E-state index contributed by atoms with van der Waals surface area (Å²) in [6.07, 6.45) is 25.0. The summed E-state index contributed by atoms with van der Waals surface area (Å²) in [4.78, 5) is 28.6. The molecule has 0 radical (unpaired) electrons. The van der Waals surface area contributed by atoms with Gasteiger partial charge in [0.15, 0.2) is 0 Å². The molecule has 0 unspecified atom stereocenters. The van der Waals surface area contributed by atoms with Gasteiger partial charge in [-0.2, -0.15) is 0 Å². The molecule has 6 nitrogen and oxygen atoms in total. The molecule has 0 bridgehead atoms. The van der Waals surface area contributed by atoms with Crippen LogP contribution in [0.3, 0.4) is 0 Å². The monoisotopic (exact) mass is 641 g/mol. The number of aliphatic carboxylic acids is 2. The number of quaternary nitrogens is 2. The van der Waals surface area contributed by atoms with Crippen molar-refractivity contribution in [2.24, 2.45) is 0 Å². The van der Waals surface area contributed by atoms with Crippen LogP contribution in [0, 0.1) is 0 Å². The number of rotatable bonds is 34. The molecule has 0 saturated carbocycles. The van der Waals surface area contributed by atoms with E-state index in [0.717, 1.165) is 154 Å². The zero-order valence-corrected chi connectivity index (χ0v) is 31.3. The van der Waals surface area contributed by atoms with E-state index < -0.39 is 17.6 Å². The van der Waals surface area contributed by atoms with Gasteiger partial charge in [0, 0.05) is 0 Å². The summed E-state index contributed by atoms with van der Waals surface area (Å²) >= 11 is 0. The Morgan fingerprint density at radius 1 is 0.356 bits per heavy atom. The van der Waals surface area contributed by atoms with Crippen molar-refractivity contribution in [1.82, 2.24) is 0 Å². The van der Waals surface area contributed by atoms with Crippen molar-refractivity contribution >= 4 is 11.9 Å². The summed E-state index contributed by atoms with van der Waals surface area (Å²) in [5.41, 5.74) is -1.88. The Morgan fingerprint density at radius 3 is 0.667 bits per heavy atom. The second-order valence-corrected chi connectivity index (χ2v) is 14.3. The molecule has 2 N–H and O–H groups in total. The van der Waals surface area contributed by atoms with Gasteiger partial charge in [-0.25, -0.2) is 9.59 Å². The molecule has 0 spiro atoms. The van der Waals surface area contributed by atoms with Crippen molar-refractivity contribution in [2.45, 2.75) is 201 Å². The molecule has 0 amide bonds. The van der Waals surface area contributed by atoms with Gasteiger partial charge in [-0.05, 0) is 77.0 Å². The molecule has 0 saturated heterocycles. The van der Waals surface area contributed by atoms with E-state index in [1.165, 1.54) is 0 Å². The van der Waals surface area contributed by atoms with Crippen molar-refractivity contribution in [3.8, 4) is 0 Å². The van der Waals surface area contributed by atoms with Crippen molar-refractivity contribution in [3.05, 3.63) is 0 Å². The number of hydrogen-bond acceptors (Lipinski definition) is 2. The molecule has 0 aliphatic carbocycles. The molecule has 0 aromatic rings. The van der Waals surface area contributed by atoms with Gasteiger partial charge in [-0.3, -0.25) is 8.97 Å². The summed E-state index contributed by atoms with van der Waals surface area (Å²) in [5, 5.41) is 23.3. The van der Waals surface area contributed by atoms with Gasteiger partial charge >= 0.3 is 17.6 Å². The average Bonchev–Trinajstić information content (AvgIpc) is 3.02. The number of nitrogens with zero attached hydrogens (tertiary/aromatic N) is 2. The molecular weight excluding hydrogens is 560 g/mol. The van der Waals surface area contributed by atoms with Gasteiger partial charge in [0.2, 0.25) is 0 Å². The average molecular weight is 641 g/mol. The van der Waals surface area contributed by atoms with Crippen molar-refractivity contribution in [2.75, 3.05) is 39.3 Å². The van der Waals surface area contributed by atoms with E-state index in [-0.39, 0.29) is 8.97 Å². The number of hydrogen-bond donors (Lipinski definition) is 2. The first-order valence-corrected chi connectivity index (χ1v) is 19.9. The molecule has 0 fully saturated rings. The van der Waals surface area contributed by atoms with E-state index in [4.69, 9.17) is 0 Å². The zero-order valence-electron chi connectivity index (χ0n) is 31.3. The fraction of sp³-hybridized carbons (Fsp3) is 0.949. The molecule has 0 atom stereocenters. The molecule has 0 aromatic carbocycles. The highest BCUT2D eigenvalue weighted by molar-refractivity contribution is 5.99. The molecule has 268 valence electrons. The zero-order chi connectivity index (χ0) is 33.9. The third-order valence-corrected chi connectivity index (χ3v) is 10.6. The van der Waals surface area contributed by atoms with Crippen LogP contribution in [0.4, 0.5) is 0 Å². The fourth-order valence-corrected chi connectivity index (χ4v) is 8.04. The molecule has 0 rings (SSSR count). The smallest absolute Gasteiger partial charge is 0.439 e. The van der Waals surface area contributed by atoms with Gasteiger partial charge in [-0.15, -0.1) is 0 Å². The van der Waals surface area contributed by atoms with E-state index in [0.29, 0.717) is 39.3 Å². The minimum absolute atomic E-state index is 0.226. The second kappa shape index (κ2) is 26.9. The van der Waals surface area contributed by atoms with E-state index in [9.17, 15) is 19.8 Å². The summed E-state index contributed by atoms with van der Waals surface area (Å²) in [7, 11) is 0. The Balaban J connectivity index is 7.54. The van der Waals surface area contributed by atoms with E-state index >= 15 is 0 Å². The molecule has 0 heterocycles. The second-order valence-electron chi connectivity index (χ2n) is 14.3. The lowest BCUT2D eigenvalue weighted by molar-refractivity contribution is -1.14. The Morgan fingerprint density at radius 2 is 0.533 bits per heavy atom. The maximum Gasteiger partial charge on any atom is 0.439 e. The minimum Gasteiger partial charge on any atom is -0.471 e. The summed E-state index contributed by atoms with van der Waals surface area (Å²) in [6.45, 7) is 17.2. The molecule has 0 aliphatic rings. The summed E-state index contributed by atoms with van der Waals surface area (Å²) < 4.78 is 0.453. The predicted octanol–water partition coefficient (Wildman–Crippen LogP) is 11.0. The van der Waals surface area contributed by atoms with Crippen LogP contribution in [0.5, 0.6) is 0 Å². The van der Waals surface area contributed by atoms with E-state index in [2.05, 4.69) is 41.5 Å². The van der Waals surface area contributed by atoms with Crippen molar-refractivity contribution in [1.29, 1.82) is 0 Å². The van der Waals surface area contributed by atoms with Crippen LogP contribution in [0.1, 0.15) is 196 Å². The van der Waals surface area contributed by atoms with Crippen LogP contribution in [-0.2, 0) is 9.59 Å². The standard InChI is InChI=1S/C39H78N2O4/c1-7-13-19-25-31-40(32-26-20-14-8-2,33-27-21-15-9-3)39(37(42)43,38(44)45)41(34-28-22-16-10-4,35-29-23-17-11-5)36-30-24-18-12-6/h7-36H2,1-6H3/p+2. The Bertz CT molecular complexity index is 603. The normalized spacial score (nSPS) is 12.6. The van der Waals surface area contributed by atoms with Crippen LogP contribution >= 0.6 is 0 Å². The maximum atomic E-state index is 14.3. The van der Waals surface area contributed by atoms with Gasteiger partial charge in [-0.1, -0.05) is 119 Å². The van der Waals surface area contributed by atoms with Crippen molar-refractivity contribution in [3.63, 3.8) is 0 Å². The number of unbranched alkanes of at least 4 members (excludes halogenated alkanes) is 18. The topological polar surface area (TPSA) is 74.6 Å². The van der Waals surface area contributed by atoms with Gasteiger partial charge in [0.25, 0.3) is 0 Å². The fourth-order valence-electron chi connectivity index (χ4n) is 8.04. The van der Waals surface area contributed by atoms with Crippen molar-refractivity contribution < 1.29 is 28.8 Å². The predicted molar refractivity (Wildman–Crippen MR) is 193 cm³/mol. The van der Waals surface area contributed by atoms with Crippen LogP contribution in [-0.4, -0.2) is 76.0 Å². The highest BCUT2D eigenvalue weighted by atomic mass is 16.4. The van der Waals surface area contributed by atoms with Crippen LogP contribution in [0.2, 0.25) is 0 Å². The van der Waals surface area contributed by atoms with Crippen LogP contribution in [0.25, 0.3) is 0 Å². The molecular formula is C39H80N2O4+2. The lowest BCUT2D eigenvalue weighted by atomic mass is 9.91. The first-order chi connectivity index (χ1) is 21.8. The largest absolute Gasteiger partial charge is 0.471 e. The lowest BCUT2D eigenvalue weighted by Gasteiger charge is -2.57. The first-order valence-electron chi connectivity index (χ1n) is 19.9. The minimum atomic E-state index is -1.88. The van der Waals surface area contributed by atoms with Crippen LogP contribution < -0.4 is 0 Å². The van der Waals surface area contributed by atoms with E-state index in [1.54, 1.807) is 0 Å². The highest BCUT2D eigenvalue weighted by Crippen LogP contribution is 2.41. The van der Waals surface area contributed by atoms with Crippen LogP contribution in [0.15, 0.2) is 0 Å². The molecule has 0 aliphatic heterocycles. The molecule has 6 heteroatoms. The summed E-state index contributed by atoms with van der Waals surface area (Å²) in [5.74, 6) is -2.14. The van der Waals surface area contributed by atoms with Gasteiger partial charge in [0.1, 0.15) is 0 Å². The Labute approximate surface area is 280 Å². The van der Waals surface area contributed by atoms with Gasteiger partial charge in [0.05, 0.1) is 39.3 Å². The lowest BCUT2D eigenvalue weighted by Crippen LogP contribution is -2.86. The van der Waals surface area contributed by atoms with Gasteiger partial charge < -0.3 is 10.2 Å². The number of carbonyl (C=O) groups is 2. The Hall–Kier alpha value is -1.14. The first kappa shape index (κ1) is 43.9. The number of carboxylic acid groups (broad SMARTS) is 2. The third kappa shape index (κ3) is 14.3. The quantitative estimate of drug-likeness (QED) is 0.0318. The number of carboxylic acids is 2. The van der Waals surface area contributed by atoms with E-state index in [1.807, 2.05) is 0 Å². The third-order valence-electron chi connectivity index (χ3n) is 10.6. The molecule has 45 heavy (non-hydrogen) atoms.